The summed E-state index contributed by atoms with van der Waals surface area (Å²) >= 11 is 0. The third-order valence-corrected chi connectivity index (χ3v) is 0.274. The van der Waals surface area contributed by atoms with Gasteiger partial charge in [-0.1, -0.05) is 0 Å². The van der Waals surface area contributed by atoms with Crippen molar-refractivity contribution in [3.8, 4) is 0 Å². The molecule has 0 aromatic heterocycles. The van der Waals surface area contributed by atoms with E-state index in [1.165, 1.54) is 0 Å². The van der Waals surface area contributed by atoms with Gasteiger partial charge in [0.05, 0.1) is 0 Å². The minimum atomic E-state index is 0.667. The van der Waals surface area contributed by atoms with Gasteiger partial charge in [0, 0.05) is 0 Å². The molecule has 0 unspecified atom stereocenters. The lowest BCUT2D eigenvalue weighted by atomic mass is 13.5. The molecule has 0 spiro atoms. The van der Waals surface area contributed by atoms with E-state index in [1.807, 2.05) is 0 Å². The lowest BCUT2D eigenvalue weighted by molar-refractivity contribution is -0.269. The molecule has 0 fully saturated rings. The highest BCUT2D eigenvalue weighted by Gasteiger charge is 1.48. The minimum Gasteiger partial charge on any atom is -0.234 e. The van der Waals surface area contributed by atoms with E-state index in [-0.39, 0.29) is 0 Å². The van der Waals surface area contributed by atoms with Crippen LogP contribution in [-0.4, -0.2) is 15.7 Å². The zero-order chi connectivity index (χ0) is 3.41. The Morgan fingerprint density at radius 2 is 2.25 bits per heavy atom. The van der Waals surface area contributed by atoms with Gasteiger partial charge >= 0.3 is 0 Å². The van der Waals surface area contributed by atoms with E-state index in [0.29, 0.717) is 10.4 Å². The first-order valence-electron chi connectivity index (χ1n) is 0.887. The van der Waals surface area contributed by atoms with Crippen molar-refractivity contribution in [2.24, 2.45) is 0 Å². The van der Waals surface area contributed by atoms with E-state index >= 15 is 0 Å². The van der Waals surface area contributed by atoms with Crippen LogP contribution in [0.15, 0.2) is 0 Å². The lowest BCUT2D eigenvalue weighted by Crippen LogP contribution is -2.03. The molecule has 4 heteroatoms. The predicted octanol–water partition coefficient (Wildman–Crippen LogP) is -1.74. The van der Waals surface area contributed by atoms with Gasteiger partial charge in [-0.25, -0.2) is 10.4 Å². The van der Waals surface area contributed by atoms with Gasteiger partial charge in [0.25, 0.3) is 0 Å². The van der Waals surface area contributed by atoms with Gasteiger partial charge in [-0.3, -0.25) is 0 Å². The van der Waals surface area contributed by atoms with Gasteiger partial charge in [0.15, 0.2) is 0 Å². The van der Waals surface area contributed by atoms with Crippen molar-refractivity contribution in [3.63, 3.8) is 0 Å². The van der Waals surface area contributed by atoms with Crippen LogP contribution in [0.25, 0.3) is 0 Å². The first-order valence-corrected chi connectivity index (χ1v) is 1.89. The van der Waals surface area contributed by atoms with Crippen LogP contribution in [0.4, 0.5) is 0 Å². The van der Waals surface area contributed by atoms with Crippen molar-refractivity contribution in [2.45, 2.75) is 0 Å². The maximum atomic E-state index is 7.30. The first-order chi connectivity index (χ1) is 1.91. The predicted molar refractivity (Wildman–Crippen MR) is 16.8 cm³/mol. The topological polar surface area (TPSA) is 41.5 Å². The summed E-state index contributed by atoms with van der Waals surface area (Å²) in [4.78, 5) is 3.35. The molecule has 26 valence electrons. The molecule has 0 atom stereocenters. The van der Waals surface area contributed by atoms with Crippen molar-refractivity contribution in [1.82, 2.24) is 5.15 Å². The molecule has 0 saturated heterocycles. The Kier molecular flexibility index (Phi) is 3.17. The fourth-order valence-corrected chi connectivity index (χ4v) is 0. The monoisotopic (exact) mass is 79.0 g/mol. The molecule has 3 nitrogen and oxygen atoms in total. The van der Waals surface area contributed by atoms with Gasteiger partial charge in [0.2, 0.25) is 0 Å². The largest absolute Gasteiger partial charge is 0.234 e. The van der Waals surface area contributed by atoms with Gasteiger partial charge in [-0.15, -0.1) is 0 Å². The zero-order valence-corrected chi connectivity index (χ0v) is 4.36. The number of hydrogen-bond acceptors (Lipinski definition) is 3. The maximum Gasteiger partial charge on any atom is 0.113 e. The smallest absolute Gasteiger partial charge is 0.113 e. The second-order valence-corrected chi connectivity index (χ2v) is 0.704. The quantitative estimate of drug-likeness (QED) is 0.223. The van der Waals surface area contributed by atoms with E-state index < -0.39 is 0 Å². The minimum absolute atomic E-state index is 0.667. The van der Waals surface area contributed by atoms with Gasteiger partial charge in [-0.05, 0) is 0 Å². The summed E-state index contributed by atoms with van der Waals surface area (Å²) in [7, 11) is 0.667. The summed E-state index contributed by atoms with van der Waals surface area (Å²) in [5.41, 5.74) is 0. The van der Waals surface area contributed by atoms with Crippen LogP contribution in [0.3, 0.4) is 0 Å². The van der Waals surface area contributed by atoms with Crippen LogP contribution in [0.1, 0.15) is 0 Å². The van der Waals surface area contributed by atoms with E-state index in [1.54, 1.807) is 0 Å². The van der Waals surface area contributed by atoms with Crippen LogP contribution in [0.5, 0.6) is 0 Å². The third kappa shape index (κ3) is 2.10. The molecular formula is H5NO2Si. The number of nitrogens with one attached hydrogen (secondary N) is 1. The highest BCUT2D eigenvalue weighted by molar-refractivity contribution is 6.03. The summed E-state index contributed by atoms with van der Waals surface area (Å²) in [5, 5.41) is 9.42. The highest BCUT2D eigenvalue weighted by Crippen LogP contribution is 1.29. The van der Waals surface area contributed by atoms with Crippen LogP contribution in [-0.2, 0) is 4.99 Å². The van der Waals surface area contributed by atoms with Crippen molar-refractivity contribution in [1.29, 1.82) is 0 Å². The molecular weight excluding hydrogens is 74.1 g/mol. The second kappa shape index (κ2) is 3.10. The maximum absolute atomic E-state index is 7.30. The summed E-state index contributed by atoms with van der Waals surface area (Å²) < 4.78 is 0. The van der Waals surface area contributed by atoms with Crippen LogP contribution in [0.2, 0.25) is 0 Å². The molecule has 0 saturated carbocycles. The Bertz CT molecular complexity index is 8.00. The van der Waals surface area contributed by atoms with Crippen molar-refractivity contribution >= 4 is 10.4 Å². The molecule has 0 aliphatic heterocycles. The van der Waals surface area contributed by atoms with E-state index in [2.05, 4.69) is 10.1 Å². The Labute approximate surface area is 27.0 Å². The fraction of sp³-hybridized carbons (Fsp3) is 0. The van der Waals surface area contributed by atoms with Gasteiger partial charge in [-0.2, -0.15) is 4.99 Å². The number of hydrogen-bond donors (Lipinski definition) is 2. The van der Waals surface area contributed by atoms with Crippen LogP contribution < -0.4 is 5.15 Å². The average Bonchev–Trinajstić information content (AvgIpc) is 1.37. The molecule has 2 N–H and O–H groups in total. The Balaban J connectivity index is 1.97. The summed E-state index contributed by atoms with van der Waals surface area (Å²) in [6.45, 7) is 0. The van der Waals surface area contributed by atoms with E-state index in [9.17, 15) is 0 Å². The molecule has 4 heavy (non-hydrogen) atoms. The molecule has 0 aliphatic rings. The number of rotatable bonds is 1. The van der Waals surface area contributed by atoms with Gasteiger partial charge < -0.3 is 0 Å². The second-order valence-electron chi connectivity index (χ2n) is 0.295. The standard InChI is InChI=1S/H5NO2Si/c2-3-1-4/h1-2H,4H3. The molecule has 0 rings (SSSR count). The van der Waals surface area contributed by atoms with E-state index in [0.717, 1.165) is 0 Å². The molecule has 0 aliphatic carbocycles. The molecule has 0 bridgehead atoms. The average molecular weight is 79.1 g/mol. The first kappa shape index (κ1) is 4.10. The van der Waals surface area contributed by atoms with Crippen molar-refractivity contribution in [2.75, 3.05) is 0 Å². The van der Waals surface area contributed by atoms with Crippen LogP contribution in [0, 0.1) is 0 Å². The third-order valence-electron chi connectivity index (χ3n) is 0.0913. The van der Waals surface area contributed by atoms with Gasteiger partial charge in [0.1, 0.15) is 10.4 Å². The summed E-state index contributed by atoms with van der Waals surface area (Å²) in [5.74, 6) is 0. The summed E-state index contributed by atoms with van der Waals surface area (Å²) in [6.07, 6.45) is 0. The Morgan fingerprint density at radius 1 is 2.00 bits per heavy atom. The molecule has 0 heterocycles. The highest BCUT2D eigenvalue weighted by atomic mass is 28.2. The molecule has 0 radical (unpaired) electrons. The molecule has 0 aromatic carbocycles. The Morgan fingerprint density at radius 3 is 2.25 bits per heavy atom. The molecule has 0 amide bonds. The van der Waals surface area contributed by atoms with Crippen LogP contribution >= 0.6 is 0 Å². The van der Waals surface area contributed by atoms with E-state index in [4.69, 9.17) is 5.26 Å². The SMILES string of the molecule is OON[SiH3]. The van der Waals surface area contributed by atoms with Crippen molar-refractivity contribution in [3.05, 3.63) is 0 Å². The Hall–Kier alpha value is 0.0969. The zero-order valence-electron chi connectivity index (χ0n) is 2.36. The lowest BCUT2D eigenvalue weighted by Gasteiger charge is -1.77. The molecule has 0 aromatic rings. The van der Waals surface area contributed by atoms with Crippen molar-refractivity contribution < 1.29 is 10.2 Å². The fourth-order valence-electron chi connectivity index (χ4n) is 0. The summed E-state index contributed by atoms with van der Waals surface area (Å²) in [6, 6.07) is 0. The normalized spacial score (nSPS) is 8.25.